The number of hydrogen-bond donors (Lipinski definition) is 2. The van der Waals surface area contributed by atoms with Crippen LogP contribution in [0.5, 0.6) is 0 Å². The molecule has 152 valence electrons. The third kappa shape index (κ3) is 4.83. The number of piperidine rings is 1. The largest absolute Gasteiger partial charge is 0.478 e. The highest BCUT2D eigenvalue weighted by Gasteiger charge is 2.29. The summed E-state index contributed by atoms with van der Waals surface area (Å²) in [6.07, 6.45) is 1.45. The molecule has 0 spiro atoms. The Morgan fingerprint density at radius 2 is 1.69 bits per heavy atom. The summed E-state index contributed by atoms with van der Waals surface area (Å²) in [5.41, 5.74) is 4.13. The molecule has 0 aliphatic carbocycles. The molecule has 2 aromatic carbocycles. The van der Waals surface area contributed by atoms with Crippen molar-refractivity contribution in [2.75, 3.05) is 18.4 Å². The van der Waals surface area contributed by atoms with E-state index >= 15 is 0 Å². The van der Waals surface area contributed by atoms with Crippen LogP contribution in [0.3, 0.4) is 0 Å². The second-order valence-electron chi connectivity index (χ2n) is 7.79. The van der Waals surface area contributed by atoms with Crippen LogP contribution in [0.4, 0.5) is 5.69 Å². The minimum Gasteiger partial charge on any atom is -0.478 e. The van der Waals surface area contributed by atoms with Gasteiger partial charge in [0.1, 0.15) is 0 Å². The highest BCUT2D eigenvalue weighted by atomic mass is 16.4. The number of aryl methyl sites for hydroxylation is 3. The molecule has 1 fully saturated rings. The van der Waals surface area contributed by atoms with E-state index in [9.17, 15) is 14.4 Å². The van der Waals surface area contributed by atoms with Gasteiger partial charge in [0, 0.05) is 24.3 Å². The molecule has 1 aliphatic rings. The number of carbonyl (C=O) groups is 3. The monoisotopic (exact) mass is 394 g/mol. The first kappa shape index (κ1) is 20.6. The first-order valence-electron chi connectivity index (χ1n) is 9.77. The summed E-state index contributed by atoms with van der Waals surface area (Å²) in [4.78, 5) is 38.7. The zero-order chi connectivity index (χ0) is 21.1. The van der Waals surface area contributed by atoms with Crippen LogP contribution in [-0.2, 0) is 4.79 Å². The summed E-state index contributed by atoms with van der Waals surface area (Å²) in [5, 5.41) is 12.0. The predicted molar refractivity (Wildman–Crippen MR) is 111 cm³/mol. The molecule has 1 saturated heterocycles. The predicted octanol–water partition coefficient (Wildman–Crippen LogP) is 3.80. The summed E-state index contributed by atoms with van der Waals surface area (Å²) >= 11 is 0. The van der Waals surface area contributed by atoms with Gasteiger partial charge in [-0.25, -0.2) is 4.79 Å². The molecule has 0 saturated carbocycles. The Balaban J connectivity index is 1.72. The van der Waals surface area contributed by atoms with Crippen LogP contribution in [0.25, 0.3) is 0 Å². The average molecular weight is 394 g/mol. The molecule has 1 heterocycles. The summed E-state index contributed by atoms with van der Waals surface area (Å²) in [5.74, 6) is -1.61. The van der Waals surface area contributed by atoms with Gasteiger partial charge in [0.15, 0.2) is 0 Å². The molecule has 1 unspecified atom stereocenters. The summed E-state index contributed by atoms with van der Waals surface area (Å²) in [6.45, 7) is 6.73. The molecule has 6 nitrogen and oxygen atoms in total. The Kier molecular flexibility index (Phi) is 6.01. The number of benzene rings is 2. The number of aromatic carboxylic acids is 1. The van der Waals surface area contributed by atoms with Gasteiger partial charge in [0.05, 0.1) is 11.5 Å². The molecule has 3 rings (SSSR count). The van der Waals surface area contributed by atoms with Crippen LogP contribution in [0.15, 0.2) is 36.4 Å². The van der Waals surface area contributed by atoms with E-state index in [4.69, 9.17) is 5.11 Å². The third-order valence-corrected chi connectivity index (χ3v) is 5.29. The highest BCUT2D eigenvalue weighted by molar-refractivity contribution is 5.97. The van der Waals surface area contributed by atoms with Crippen molar-refractivity contribution in [3.05, 3.63) is 64.2 Å². The molecule has 2 aromatic rings. The van der Waals surface area contributed by atoms with Crippen LogP contribution in [0.1, 0.15) is 50.2 Å². The van der Waals surface area contributed by atoms with Crippen molar-refractivity contribution < 1.29 is 19.5 Å². The van der Waals surface area contributed by atoms with Crippen molar-refractivity contribution in [2.45, 2.75) is 33.6 Å². The van der Waals surface area contributed by atoms with Crippen LogP contribution < -0.4 is 5.32 Å². The lowest BCUT2D eigenvalue weighted by Crippen LogP contribution is -2.43. The molecular formula is C23H26N2O4. The van der Waals surface area contributed by atoms with Gasteiger partial charge in [-0.3, -0.25) is 9.59 Å². The zero-order valence-electron chi connectivity index (χ0n) is 17.0. The number of nitrogens with zero attached hydrogens (tertiary/aromatic N) is 1. The quantitative estimate of drug-likeness (QED) is 0.826. The maximum Gasteiger partial charge on any atom is 0.335 e. The van der Waals surface area contributed by atoms with E-state index in [0.717, 1.165) is 23.1 Å². The molecular weight excluding hydrogens is 368 g/mol. The minimum absolute atomic E-state index is 0.0571. The fourth-order valence-corrected chi connectivity index (χ4v) is 3.78. The van der Waals surface area contributed by atoms with Crippen molar-refractivity contribution >= 4 is 23.5 Å². The number of amides is 2. The van der Waals surface area contributed by atoms with E-state index in [1.54, 1.807) is 11.0 Å². The minimum atomic E-state index is -1.04. The van der Waals surface area contributed by atoms with E-state index in [1.807, 2.05) is 39.0 Å². The molecule has 0 aromatic heterocycles. The van der Waals surface area contributed by atoms with Crippen LogP contribution in [-0.4, -0.2) is 40.9 Å². The highest BCUT2D eigenvalue weighted by Crippen LogP contribution is 2.23. The summed E-state index contributed by atoms with van der Waals surface area (Å²) in [7, 11) is 0. The second kappa shape index (κ2) is 8.47. The normalized spacial score (nSPS) is 16.4. The fourth-order valence-electron chi connectivity index (χ4n) is 3.78. The third-order valence-electron chi connectivity index (χ3n) is 5.29. The van der Waals surface area contributed by atoms with Crippen molar-refractivity contribution in [1.29, 1.82) is 0 Å². The van der Waals surface area contributed by atoms with Gasteiger partial charge in [-0.1, -0.05) is 23.3 Å². The molecule has 2 amide bonds. The van der Waals surface area contributed by atoms with Gasteiger partial charge in [0.25, 0.3) is 5.91 Å². The fraction of sp³-hybridized carbons (Fsp3) is 0.348. The molecule has 29 heavy (non-hydrogen) atoms. The molecule has 6 heteroatoms. The van der Waals surface area contributed by atoms with Crippen molar-refractivity contribution in [3.63, 3.8) is 0 Å². The number of carboxylic acid groups (broad SMARTS) is 1. The number of hydrogen-bond acceptors (Lipinski definition) is 3. The van der Waals surface area contributed by atoms with Crippen LogP contribution in [0, 0.1) is 26.7 Å². The van der Waals surface area contributed by atoms with Gasteiger partial charge in [-0.05, 0) is 63.4 Å². The Bertz CT molecular complexity index is 947. The molecule has 1 atom stereocenters. The van der Waals surface area contributed by atoms with Crippen molar-refractivity contribution in [2.24, 2.45) is 5.92 Å². The molecule has 0 radical (unpaired) electrons. The number of carbonyl (C=O) groups excluding carboxylic acids is 2. The number of carboxylic acids is 1. The summed E-state index contributed by atoms with van der Waals surface area (Å²) < 4.78 is 0. The Morgan fingerprint density at radius 1 is 1.00 bits per heavy atom. The maximum absolute atomic E-state index is 12.9. The summed E-state index contributed by atoms with van der Waals surface area (Å²) in [6, 6.07) is 10.4. The lowest BCUT2D eigenvalue weighted by molar-refractivity contribution is -0.121. The van der Waals surface area contributed by atoms with E-state index < -0.39 is 5.97 Å². The first-order valence-corrected chi connectivity index (χ1v) is 9.77. The molecule has 1 aliphatic heterocycles. The van der Waals surface area contributed by atoms with Gasteiger partial charge >= 0.3 is 5.97 Å². The van der Waals surface area contributed by atoms with Crippen molar-refractivity contribution in [3.8, 4) is 0 Å². The van der Waals surface area contributed by atoms with Crippen molar-refractivity contribution in [1.82, 2.24) is 4.90 Å². The van der Waals surface area contributed by atoms with Crippen LogP contribution in [0.2, 0.25) is 0 Å². The van der Waals surface area contributed by atoms with E-state index in [0.29, 0.717) is 30.8 Å². The Morgan fingerprint density at radius 3 is 2.34 bits per heavy atom. The van der Waals surface area contributed by atoms with Gasteiger partial charge < -0.3 is 15.3 Å². The van der Waals surface area contributed by atoms with Gasteiger partial charge in [-0.15, -0.1) is 0 Å². The smallest absolute Gasteiger partial charge is 0.335 e. The Hall–Kier alpha value is -3.15. The molecule has 2 N–H and O–H groups in total. The molecule has 0 bridgehead atoms. The van der Waals surface area contributed by atoms with Gasteiger partial charge in [-0.2, -0.15) is 0 Å². The second-order valence-corrected chi connectivity index (χ2v) is 7.79. The lowest BCUT2D eigenvalue weighted by atomic mass is 9.95. The number of nitrogens with one attached hydrogen (secondary N) is 1. The number of likely N-dealkylation sites (tertiary alicyclic amines) is 1. The van der Waals surface area contributed by atoms with E-state index in [2.05, 4.69) is 5.32 Å². The average Bonchev–Trinajstić information content (AvgIpc) is 2.68. The Labute approximate surface area is 170 Å². The topological polar surface area (TPSA) is 86.7 Å². The maximum atomic E-state index is 12.9. The zero-order valence-corrected chi connectivity index (χ0v) is 17.0. The standard InChI is InChI=1S/C23H26N2O4/c1-14-9-15(2)11-19(10-14)22(27)25-8-4-5-18(13-25)21(26)24-20-12-17(23(28)29)7-6-16(20)3/h6-7,9-12,18H,4-5,8,13H2,1-3H3,(H,24,26)(H,28,29). The van der Waals surface area contributed by atoms with Gasteiger partial charge in [0.2, 0.25) is 5.91 Å². The number of anilines is 1. The van der Waals surface area contributed by atoms with E-state index in [-0.39, 0.29) is 23.3 Å². The number of rotatable bonds is 4. The van der Waals surface area contributed by atoms with Crippen LogP contribution >= 0.6 is 0 Å². The first-order chi connectivity index (χ1) is 13.7. The SMILES string of the molecule is Cc1cc(C)cc(C(=O)N2CCCC(C(=O)Nc3cc(C(=O)O)ccc3C)C2)c1. The lowest BCUT2D eigenvalue weighted by Gasteiger charge is -2.32. The van der Waals surface area contributed by atoms with E-state index in [1.165, 1.54) is 12.1 Å².